The first-order valence-corrected chi connectivity index (χ1v) is 6.27. The average molecular weight is 267 g/mol. The third kappa shape index (κ3) is 3.04. The second-order valence-corrected chi connectivity index (χ2v) is 5.53. The summed E-state index contributed by atoms with van der Waals surface area (Å²) in [6.07, 6.45) is -0.0170. The monoisotopic (exact) mass is 267 g/mol. The van der Waals surface area contributed by atoms with Gasteiger partial charge in [0, 0.05) is 24.9 Å². The summed E-state index contributed by atoms with van der Waals surface area (Å²) in [5, 5.41) is 12.6. The number of cyclic esters (lactones) is 1. The van der Waals surface area contributed by atoms with E-state index in [1.165, 1.54) is 6.07 Å². The lowest BCUT2D eigenvalue weighted by atomic mass is 9.80. The molecule has 0 spiro atoms. The molecule has 0 aromatic heterocycles. The Bertz CT molecular complexity index is 484. The van der Waals surface area contributed by atoms with E-state index in [4.69, 9.17) is 4.74 Å². The lowest BCUT2D eigenvalue weighted by Crippen LogP contribution is -2.49. The van der Waals surface area contributed by atoms with Gasteiger partial charge in [0.15, 0.2) is 0 Å². The molecule has 1 atom stereocenters. The van der Waals surface area contributed by atoms with Crippen LogP contribution >= 0.6 is 0 Å². The fourth-order valence-corrected chi connectivity index (χ4v) is 2.57. The van der Waals surface area contributed by atoms with Crippen LogP contribution in [0.15, 0.2) is 24.3 Å². The zero-order valence-electron chi connectivity index (χ0n) is 11.1. The molecule has 5 heteroatoms. The molecule has 1 heterocycles. The van der Waals surface area contributed by atoms with Crippen LogP contribution in [0.5, 0.6) is 0 Å². The molecule has 19 heavy (non-hydrogen) atoms. The van der Waals surface area contributed by atoms with E-state index < -0.39 is 23.1 Å². The van der Waals surface area contributed by atoms with E-state index in [0.29, 0.717) is 18.5 Å². The van der Waals surface area contributed by atoms with E-state index in [0.717, 1.165) is 0 Å². The van der Waals surface area contributed by atoms with Crippen LogP contribution in [-0.4, -0.2) is 23.3 Å². The number of carbonyl (C=O) groups is 1. The van der Waals surface area contributed by atoms with Gasteiger partial charge >= 0.3 is 6.09 Å². The zero-order valence-corrected chi connectivity index (χ0v) is 11.1. The Kier molecular flexibility index (Phi) is 3.49. The highest BCUT2D eigenvalue weighted by molar-refractivity contribution is 5.69. The molecule has 0 bridgehead atoms. The average Bonchev–Trinajstić information content (AvgIpc) is 2.26. The highest BCUT2D eigenvalue weighted by Gasteiger charge is 2.44. The van der Waals surface area contributed by atoms with Gasteiger partial charge in [-0.05, 0) is 19.9 Å². The molecule has 1 aromatic carbocycles. The standard InChI is InChI=1S/C14H18FNO3/c1-13(2,18)9-14(7-8-16-12(17)19-14)10-5-3-4-6-11(10)15/h3-6,18H,7-9H2,1-2H3,(H,16,17)/t14-/m0/s1. The van der Waals surface area contributed by atoms with E-state index in [2.05, 4.69) is 5.32 Å². The number of hydrogen-bond acceptors (Lipinski definition) is 3. The number of carbonyl (C=O) groups excluding carboxylic acids is 1. The number of amides is 1. The maximum Gasteiger partial charge on any atom is 0.408 e. The van der Waals surface area contributed by atoms with Gasteiger partial charge in [0.25, 0.3) is 0 Å². The van der Waals surface area contributed by atoms with Crippen LogP contribution in [0.1, 0.15) is 32.3 Å². The van der Waals surface area contributed by atoms with Crippen LogP contribution < -0.4 is 5.32 Å². The van der Waals surface area contributed by atoms with Crippen molar-refractivity contribution in [2.24, 2.45) is 0 Å². The topological polar surface area (TPSA) is 58.6 Å². The van der Waals surface area contributed by atoms with Gasteiger partial charge in [-0.1, -0.05) is 18.2 Å². The quantitative estimate of drug-likeness (QED) is 0.883. The molecule has 2 N–H and O–H groups in total. The summed E-state index contributed by atoms with van der Waals surface area (Å²) < 4.78 is 19.4. The van der Waals surface area contributed by atoms with Crippen molar-refractivity contribution in [3.63, 3.8) is 0 Å². The molecule has 1 saturated heterocycles. The van der Waals surface area contributed by atoms with Crippen LogP contribution in [-0.2, 0) is 10.3 Å². The van der Waals surface area contributed by atoms with Gasteiger partial charge in [-0.15, -0.1) is 0 Å². The van der Waals surface area contributed by atoms with E-state index in [1.54, 1.807) is 32.0 Å². The van der Waals surface area contributed by atoms with Gasteiger partial charge < -0.3 is 15.2 Å². The summed E-state index contributed by atoms with van der Waals surface area (Å²) in [7, 11) is 0. The van der Waals surface area contributed by atoms with Crippen molar-refractivity contribution in [2.75, 3.05) is 6.54 Å². The fourth-order valence-electron chi connectivity index (χ4n) is 2.57. The first-order chi connectivity index (χ1) is 8.82. The lowest BCUT2D eigenvalue weighted by molar-refractivity contribution is -0.0762. The third-order valence-electron chi connectivity index (χ3n) is 3.17. The second kappa shape index (κ2) is 4.81. The lowest BCUT2D eigenvalue weighted by Gasteiger charge is -2.40. The Morgan fingerprint density at radius 1 is 1.47 bits per heavy atom. The van der Waals surface area contributed by atoms with Crippen molar-refractivity contribution in [3.05, 3.63) is 35.6 Å². The summed E-state index contributed by atoms with van der Waals surface area (Å²) in [4.78, 5) is 11.5. The van der Waals surface area contributed by atoms with Gasteiger partial charge in [0.2, 0.25) is 0 Å². The maximum absolute atomic E-state index is 14.0. The van der Waals surface area contributed by atoms with Crippen molar-refractivity contribution in [2.45, 2.75) is 37.9 Å². The second-order valence-electron chi connectivity index (χ2n) is 5.53. The Morgan fingerprint density at radius 3 is 2.74 bits per heavy atom. The van der Waals surface area contributed by atoms with Crippen LogP contribution in [0.3, 0.4) is 0 Å². The molecule has 104 valence electrons. The molecule has 1 aliphatic heterocycles. The van der Waals surface area contributed by atoms with Gasteiger partial charge in [-0.25, -0.2) is 9.18 Å². The molecule has 1 aliphatic rings. The number of halogens is 1. The molecule has 0 saturated carbocycles. The van der Waals surface area contributed by atoms with E-state index in [9.17, 15) is 14.3 Å². The minimum Gasteiger partial charge on any atom is -0.438 e. The molecule has 1 aromatic rings. The molecule has 4 nitrogen and oxygen atoms in total. The van der Waals surface area contributed by atoms with Crippen molar-refractivity contribution in [1.82, 2.24) is 5.32 Å². The number of hydrogen-bond donors (Lipinski definition) is 2. The largest absolute Gasteiger partial charge is 0.438 e. The highest BCUT2D eigenvalue weighted by atomic mass is 19.1. The van der Waals surface area contributed by atoms with Crippen LogP contribution in [0.4, 0.5) is 9.18 Å². The van der Waals surface area contributed by atoms with Crippen molar-refractivity contribution in [1.29, 1.82) is 0 Å². The zero-order chi connectivity index (χ0) is 14.1. The molecule has 0 radical (unpaired) electrons. The number of aliphatic hydroxyl groups is 1. The first-order valence-electron chi connectivity index (χ1n) is 6.27. The predicted molar refractivity (Wildman–Crippen MR) is 68.1 cm³/mol. The SMILES string of the molecule is CC(C)(O)C[C@]1(c2ccccc2F)CCNC(=O)O1. The van der Waals surface area contributed by atoms with Crippen LogP contribution in [0.25, 0.3) is 0 Å². The maximum atomic E-state index is 14.0. The summed E-state index contributed by atoms with van der Waals surface area (Å²) >= 11 is 0. The molecular formula is C14H18FNO3. The minimum absolute atomic E-state index is 0.147. The van der Waals surface area contributed by atoms with Gasteiger partial charge in [-0.3, -0.25) is 0 Å². The number of ether oxygens (including phenoxy) is 1. The van der Waals surface area contributed by atoms with Crippen molar-refractivity contribution >= 4 is 6.09 Å². The summed E-state index contributed by atoms with van der Waals surface area (Å²) in [5.41, 5.74) is -1.88. The van der Waals surface area contributed by atoms with E-state index in [1.807, 2.05) is 0 Å². The number of rotatable bonds is 3. The summed E-state index contributed by atoms with van der Waals surface area (Å²) in [5.74, 6) is -0.429. The van der Waals surface area contributed by atoms with E-state index in [-0.39, 0.29) is 6.42 Å². The van der Waals surface area contributed by atoms with E-state index >= 15 is 0 Å². The van der Waals surface area contributed by atoms with Gasteiger partial charge in [-0.2, -0.15) is 0 Å². The fraction of sp³-hybridized carbons (Fsp3) is 0.500. The molecular weight excluding hydrogens is 249 g/mol. The first kappa shape index (κ1) is 13.8. The van der Waals surface area contributed by atoms with Crippen LogP contribution in [0, 0.1) is 5.82 Å². The summed E-state index contributed by atoms with van der Waals surface area (Å²) in [6.45, 7) is 3.63. The smallest absolute Gasteiger partial charge is 0.408 e. The highest BCUT2D eigenvalue weighted by Crippen LogP contribution is 2.40. The Morgan fingerprint density at radius 2 is 2.16 bits per heavy atom. The van der Waals surface area contributed by atoms with Crippen molar-refractivity contribution in [3.8, 4) is 0 Å². The van der Waals surface area contributed by atoms with Gasteiger partial charge in [0.1, 0.15) is 11.4 Å². The molecule has 1 amide bonds. The molecule has 0 unspecified atom stereocenters. The van der Waals surface area contributed by atoms with Gasteiger partial charge in [0.05, 0.1) is 5.60 Å². The third-order valence-corrected chi connectivity index (χ3v) is 3.17. The van der Waals surface area contributed by atoms with Crippen LogP contribution in [0.2, 0.25) is 0 Å². The Labute approximate surface area is 111 Å². The number of nitrogens with one attached hydrogen (secondary N) is 1. The number of benzene rings is 1. The van der Waals surface area contributed by atoms with Crippen molar-refractivity contribution < 1.29 is 19.0 Å². The normalized spacial score (nSPS) is 23.7. The molecule has 2 rings (SSSR count). The molecule has 0 aliphatic carbocycles. The summed E-state index contributed by atoms with van der Waals surface area (Å²) in [6, 6.07) is 6.21. The Balaban J connectivity index is 2.45. The number of alkyl carbamates (subject to hydrolysis) is 1. The minimum atomic E-state index is -1.12. The Hall–Kier alpha value is -1.62. The predicted octanol–water partition coefficient (Wildman–Crippen LogP) is 2.31. The molecule has 1 fully saturated rings.